The number of carbonyl (C=O) groups is 1. The van der Waals surface area contributed by atoms with Crippen molar-refractivity contribution in [2.24, 2.45) is 5.73 Å². The lowest BCUT2D eigenvalue weighted by Gasteiger charge is -2.14. The molecule has 2 aromatic heterocycles. The van der Waals surface area contributed by atoms with E-state index in [2.05, 4.69) is 20.7 Å². The van der Waals surface area contributed by atoms with Crippen molar-refractivity contribution >= 4 is 40.3 Å². The monoisotopic (exact) mass is 516 g/mol. The number of carbonyl (C=O) groups excluding carboxylic acids is 1. The first-order chi connectivity index (χ1) is 17.0. The lowest BCUT2D eigenvalue weighted by Crippen LogP contribution is -2.13. The molecule has 11 heteroatoms. The van der Waals surface area contributed by atoms with Gasteiger partial charge < -0.3 is 16.4 Å². The SMILES string of the molecule is Cc1ccc(Cl)cc1Nc1cc(NCCCC(F)(F)F)c2ncc(-c3ccc(C(N)=O)c(C)c3)n2n1. The quantitative estimate of drug-likeness (QED) is 0.240. The van der Waals surface area contributed by atoms with E-state index in [0.29, 0.717) is 39.0 Å². The van der Waals surface area contributed by atoms with Crippen molar-refractivity contribution in [3.63, 3.8) is 0 Å². The number of rotatable bonds is 8. The zero-order valence-corrected chi connectivity index (χ0v) is 20.3. The van der Waals surface area contributed by atoms with E-state index in [4.69, 9.17) is 17.3 Å². The van der Waals surface area contributed by atoms with Crippen molar-refractivity contribution in [3.8, 4) is 11.3 Å². The lowest BCUT2D eigenvalue weighted by molar-refractivity contribution is -0.134. The van der Waals surface area contributed by atoms with Gasteiger partial charge in [0, 0.05) is 40.9 Å². The number of fused-ring (bicyclic) bond motifs is 1. The molecule has 0 aliphatic rings. The van der Waals surface area contributed by atoms with Crippen LogP contribution in [0.15, 0.2) is 48.7 Å². The molecular weight excluding hydrogens is 493 g/mol. The summed E-state index contributed by atoms with van der Waals surface area (Å²) >= 11 is 6.16. The van der Waals surface area contributed by atoms with Gasteiger partial charge in [-0.3, -0.25) is 4.79 Å². The Kier molecular flexibility index (Phi) is 7.07. The number of hydrogen-bond acceptors (Lipinski definition) is 5. The first-order valence-electron chi connectivity index (χ1n) is 11.2. The van der Waals surface area contributed by atoms with Gasteiger partial charge in [-0.05, 0) is 55.7 Å². The number of nitrogens with two attached hydrogens (primary N) is 1. The van der Waals surface area contributed by atoms with Crippen molar-refractivity contribution < 1.29 is 18.0 Å². The molecular formula is C25H24ClF3N6O. The fourth-order valence-electron chi connectivity index (χ4n) is 3.83. The number of amides is 1. The van der Waals surface area contributed by atoms with Gasteiger partial charge in [0.1, 0.15) is 0 Å². The zero-order valence-electron chi connectivity index (χ0n) is 19.6. The molecule has 7 nitrogen and oxygen atoms in total. The van der Waals surface area contributed by atoms with E-state index in [1.807, 2.05) is 19.1 Å². The van der Waals surface area contributed by atoms with Crippen LogP contribution in [0.1, 0.15) is 34.3 Å². The predicted molar refractivity (Wildman–Crippen MR) is 135 cm³/mol. The third kappa shape index (κ3) is 5.71. The minimum Gasteiger partial charge on any atom is -0.382 e. The number of nitrogens with one attached hydrogen (secondary N) is 2. The topological polar surface area (TPSA) is 97.3 Å². The summed E-state index contributed by atoms with van der Waals surface area (Å²) in [4.78, 5) is 16.1. The van der Waals surface area contributed by atoms with E-state index in [0.717, 1.165) is 16.8 Å². The minimum atomic E-state index is -4.22. The van der Waals surface area contributed by atoms with E-state index >= 15 is 0 Å². The molecule has 0 aliphatic heterocycles. The van der Waals surface area contributed by atoms with Gasteiger partial charge in [-0.2, -0.15) is 13.2 Å². The molecule has 188 valence electrons. The number of imidazole rings is 1. The van der Waals surface area contributed by atoms with Crippen LogP contribution >= 0.6 is 11.6 Å². The van der Waals surface area contributed by atoms with Crippen molar-refractivity contribution in [2.45, 2.75) is 32.9 Å². The van der Waals surface area contributed by atoms with Gasteiger partial charge in [0.2, 0.25) is 5.91 Å². The molecule has 0 spiro atoms. The average Bonchev–Trinajstić information content (AvgIpc) is 3.22. The summed E-state index contributed by atoms with van der Waals surface area (Å²) in [5, 5.41) is 11.5. The first-order valence-corrected chi connectivity index (χ1v) is 11.5. The second-order valence-electron chi connectivity index (χ2n) is 8.45. The Morgan fingerprint density at radius 1 is 1.08 bits per heavy atom. The van der Waals surface area contributed by atoms with Crippen LogP contribution in [0, 0.1) is 13.8 Å². The fraction of sp³-hybridized carbons (Fsp3) is 0.240. The van der Waals surface area contributed by atoms with Crippen LogP contribution in [0.4, 0.5) is 30.4 Å². The third-order valence-corrected chi connectivity index (χ3v) is 5.91. The molecule has 2 aromatic carbocycles. The highest BCUT2D eigenvalue weighted by Gasteiger charge is 2.26. The highest BCUT2D eigenvalue weighted by molar-refractivity contribution is 6.30. The molecule has 0 unspecified atom stereocenters. The van der Waals surface area contributed by atoms with Crippen molar-refractivity contribution in [1.29, 1.82) is 0 Å². The van der Waals surface area contributed by atoms with Gasteiger partial charge >= 0.3 is 6.18 Å². The van der Waals surface area contributed by atoms with E-state index in [1.54, 1.807) is 48.0 Å². The van der Waals surface area contributed by atoms with E-state index in [9.17, 15) is 18.0 Å². The van der Waals surface area contributed by atoms with Gasteiger partial charge in [0.25, 0.3) is 0 Å². The number of benzene rings is 2. The summed E-state index contributed by atoms with van der Waals surface area (Å²) in [5.41, 5.74) is 10.6. The number of primary amides is 1. The van der Waals surface area contributed by atoms with Gasteiger partial charge in [0.15, 0.2) is 11.5 Å². The Morgan fingerprint density at radius 2 is 1.86 bits per heavy atom. The maximum absolute atomic E-state index is 12.6. The summed E-state index contributed by atoms with van der Waals surface area (Å²) in [6.45, 7) is 3.80. The smallest absolute Gasteiger partial charge is 0.382 e. The maximum Gasteiger partial charge on any atom is 0.389 e. The van der Waals surface area contributed by atoms with E-state index < -0.39 is 18.5 Å². The molecule has 4 rings (SSSR count). The second-order valence-corrected chi connectivity index (χ2v) is 8.88. The van der Waals surface area contributed by atoms with Gasteiger partial charge in [-0.25, -0.2) is 9.50 Å². The first kappa shape index (κ1) is 25.3. The molecule has 4 N–H and O–H groups in total. The number of aromatic nitrogens is 3. The van der Waals surface area contributed by atoms with Gasteiger partial charge in [0.05, 0.1) is 17.6 Å². The number of alkyl halides is 3. The van der Waals surface area contributed by atoms with Crippen LogP contribution in [0.5, 0.6) is 0 Å². The summed E-state index contributed by atoms with van der Waals surface area (Å²) in [7, 11) is 0. The van der Waals surface area contributed by atoms with Crippen LogP contribution in [-0.4, -0.2) is 33.2 Å². The number of nitrogens with zero attached hydrogens (tertiary/aromatic N) is 3. The highest BCUT2D eigenvalue weighted by Crippen LogP contribution is 2.30. The third-order valence-electron chi connectivity index (χ3n) is 5.67. The van der Waals surface area contributed by atoms with Crippen molar-refractivity contribution in [3.05, 3.63) is 70.4 Å². The Labute approximate surface area is 210 Å². The molecule has 0 atom stereocenters. The Morgan fingerprint density at radius 3 is 2.56 bits per heavy atom. The predicted octanol–water partition coefficient (Wildman–Crippen LogP) is 6.26. The second kappa shape index (κ2) is 10.1. The minimum absolute atomic E-state index is 0.0878. The molecule has 0 aliphatic carbocycles. The molecule has 0 fully saturated rings. The summed E-state index contributed by atoms with van der Waals surface area (Å²) in [6, 6.07) is 12.3. The molecule has 0 bridgehead atoms. The summed E-state index contributed by atoms with van der Waals surface area (Å²) in [5.74, 6) is -0.0834. The standard InChI is InChI=1S/C25H24ClF3N6O/c1-14-4-6-17(26)11-19(14)33-22-12-20(31-9-3-8-25(27,28)29)24-32-13-21(35(24)34-22)16-5-7-18(23(30)36)15(2)10-16/h4-7,10-13,31H,3,8-9H2,1-2H3,(H2,30,36)(H,33,34). The largest absolute Gasteiger partial charge is 0.389 e. The van der Waals surface area contributed by atoms with Gasteiger partial charge in [-0.15, -0.1) is 5.10 Å². The summed E-state index contributed by atoms with van der Waals surface area (Å²) < 4.78 is 39.4. The normalized spacial score (nSPS) is 11.6. The molecule has 4 aromatic rings. The maximum atomic E-state index is 12.6. The van der Waals surface area contributed by atoms with Gasteiger partial charge in [-0.1, -0.05) is 23.7 Å². The Hall–Kier alpha value is -3.79. The number of hydrogen-bond donors (Lipinski definition) is 3. The Bertz CT molecular complexity index is 1430. The summed E-state index contributed by atoms with van der Waals surface area (Å²) in [6.07, 6.45) is -3.58. The molecule has 36 heavy (non-hydrogen) atoms. The van der Waals surface area contributed by atoms with Crippen molar-refractivity contribution in [1.82, 2.24) is 14.6 Å². The average molecular weight is 517 g/mol. The van der Waals surface area contributed by atoms with Crippen LogP contribution in [0.2, 0.25) is 5.02 Å². The van der Waals surface area contributed by atoms with Crippen LogP contribution in [0.25, 0.3) is 16.9 Å². The molecule has 1 amide bonds. The highest BCUT2D eigenvalue weighted by atomic mass is 35.5. The molecule has 0 saturated carbocycles. The lowest BCUT2D eigenvalue weighted by atomic mass is 10.0. The van der Waals surface area contributed by atoms with Crippen LogP contribution in [-0.2, 0) is 0 Å². The van der Waals surface area contributed by atoms with E-state index in [1.165, 1.54) is 0 Å². The Balaban J connectivity index is 1.76. The number of aryl methyl sites for hydroxylation is 2. The van der Waals surface area contributed by atoms with E-state index in [-0.39, 0.29) is 13.0 Å². The van der Waals surface area contributed by atoms with Crippen molar-refractivity contribution in [2.75, 3.05) is 17.2 Å². The van der Waals surface area contributed by atoms with Crippen LogP contribution < -0.4 is 16.4 Å². The molecule has 0 radical (unpaired) electrons. The fourth-order valence-corrected chi connectivity index (χ4v) is 4.01. The number of halogens is 4. The number of anilines is 3. The van der Waals surface area contributed by atoms with Crippen LogP contribution in [0.3, 0.4) is 0 Å². The molecule has 2 heterocycles. The zero-order chi connectivity index (χ0) is 26.0. The molecule has 0 saturated heterocycles.